The van der Waals surface area contributed by atoms with Crippen molar-refractivity contribution in [3.8, 4) is 0 Å². The Hall–Kier alpha value is -3.70. The topological polar surface area (TPSA) is 297 Å². The van der Waals surface area contributed by atoms with Gasteiger partial charge in [-0.2, -0.15) is 0 Å². The lowest BCUT2D eigenvalue weighted by molar-refractivity contribution is -0.128. The number of unbranched alkanes of at least 4 members (excludes halogenated alkanes) is 1. The number of ether oxygens (including phenoxy) is 12. The van der Waals surface area contributed by atoms with E-state index < -0.39 is 0 Å². The van der Waals surface area contributed by atoms with Gasteiger partial charge in [-0.25, -0.2) is 0 Å². The molecule has 25 heteroatoms. The van der Waals surface area contributed by atoms with Gasteiger partial charge in [-0.05, 0) is 6.42 Å². The van der Waals surface area contributed by atoms with Gasteiger partial charge >= 0.3 is 0 Å². The summed E-state index contributed by atoms with van der Waals surface area (Å²) in [5.74, 6) is -1.30. The Labute approximate surface area is 401 Å². The maximum absolute atomic E-state index is 11.9. The van der Waals surface area contributed by atoms with Gasteiger partial charge in [0.1, 0.15) is 33.0 Å². The number of nitrogens with one attached hydrogen (secondary N) is 7. The number of carbonyl (C=O) groups excluding carboxylic acids is 6. The van der Waals surface area contributed by atoms with Crippen LogP contribution in [0.3, 0.4) is 0 Å². The first-order chi connectivity index (χ1) is 33.3. The highest BCUT2D eigenvalue weighted by molar-refractivity contribution is 5.78. The molecule has 398 valence electrons. The fourth-order valence-electron chi connectivity index (χ4n) is 4.76. The molecule has 0 fully saturated rings. The summed E-state index contributed by atoms with van der Waals surface area (Å²) in [5, 5.41) is 19.4. The molecular formula is C43H83N7O18. The molecule has 0 saturated heterocycles. The number of hydrogen-bond acceptors (Lipinski definition) is 19. The van der Waals surface area contributed by atoms with Crippen LogP contribution in [0.4, 0.5) is 0 Å². The molecule has 0 aromatic rings. The monoisotopic (exact) mass is 986 g/mol. The summed E-state index contributed by atoms with van der Waals surface area (Å²) in [6.45, 7) is 13.2. The predicted molar refractivity (Wildman–Crippen MR) is 246 cm³/mol. The Balaban J connectivity index is 3.35. The zero-order valence-corrected chi connectivity index (χ0v) is 40.6. The third-order valence-electron chi connectivity index (χ3n) is 8.26. The number of rotatable bonds is 53. The maximum atomic E-state index is 11.9. The van der Waals surface area contributed by atoms with Crippen LogP contribution in [0.15, 0.2) is 0 Å². The fraction of sp³-hybridized carbons (Fsp3) is 0.860. The molecule has 0 radical (unpaired) electrons. The van der Waals surface area contributed by atoms with Crippen molar-refractivity contribution in [1.82, 2.24) is 37.2 Å². The Morgan fingerprint density at radius 2 is 0.485 bits per heavy atom. The minimum absolute atomic E-state index is 0.0350. The van der Waals surface area contributed by atoms with Gasteiger partial charge in [0.05, 0.1) is 126 Å². The lowest BCUT2D eigenvalue weighted by atomic mass is 10.3. The predicted octanol–water partition coefficient (Wildman–Crippen LogP) is -3.32. The average Bonchev–Trinajstić information content (AvgIpc) is 3.33. The van der Waals surface area contributed by atoms with E-state index in [1.807, 2.05) is 0 Å². The van der Waals surface area contributed by atoms with E-state index in [1.54, 1.807) is 6.92 Å². The van der Waals surface area contributed by atoms with Crippen LogP contribution in [0.1, 0.15) is 33.1 Å². The molecular weight excluding hydrogens is 903 g/mol. The lowest BCUT2D eigenvalue weighted by Crippen LogP contribution is -2.32. The van der Waals surface area contributed by atoms with Crippen LogP contribution >= 0.6 is 0 Å². The SMILES string of the molecule is CCCCNC(=O)COCCOCCNCCOCCOCCNC(=O)COCCOCCNC(=O)COCCOCCNC(=O)COCCOCCNC(=O)COCCOCCNC(=O)CC. The third kappa shape index (κ3) is 51.7. The average molecular weight is 986 g/mol. The van der Waals surface area contributed by atoms with Crippen molar-refractivity contribution in [2.75, 3.05) is 211 Å². The molecule has 68 heavy (non-hydrogen) atoms. The Morgan fingerprint density at radius 3 is 0.735 bits per heavy atom. The highest BCUT2D eigenvalue weighted by atomic mass is 16.5. The zero-order valence-electron chi connectivity index (χ0n) is 40.6. The largest absolute Gasteiger partial charge is 0.378 e. The van der Waals surface area contributed by atoms with Crippen molar-refractivity contribution in [2.24, 2.45) is 0 Å². The van der Waals surface area contributed by atoms with Crippen LogP contribution in [0.2, 0.25) is 0 Å². The van der Waals surface area contributed by atoms with Gasteiger partial charge in [0, 0.05) is 58.8 Å². The first-order valence-electron chi connectivity index (χ1n) is 23.5. The Bertz CT molecular complexity index is 1230. The summed E-state index contributed by atoms with van der Waals surface area (Å²) in [4.78, 5) is 70.1. The number of hydrogen-bond donors (Lipinski definition) is 7. The molecule has 6 amide bonds. The van der Waals surface area contributed by atoms with Crippen molar-refractivity contribution >= 4 is 35.4 Å². The molecule has 0 aliphatic carbocycles. The molecule has 0 aliphatic rings. The fourth-order valence-corrected chi connectivity index (χ4v) is 4.76. The molecule has 0 saturated carbocycles. The zero-order chi connectivity index (χ0) is 49.6. The van der Waals surface area contributed by atoms with Gasteiger partial charge in [-0.3, -0.25) is 28.8 Å². The molecule has 0 unspecified atom stereocenters. The normalized spacial score (nSPS) is 11.0. The second kappa shape index (κ2) is 52.7. The summed E-state index contributed by atoms with van der Waals surface area (Å²) in [6, 6.07) is 0. The second-order valence-electron chi connectivity index (χ2n) is 14.1. The molecule has 0 aromatic carbocycles. The summed E-state index contributed by atoms with van der Waals surface area (Å²) >= 11 is 0. The lowest BCUT2D eigenvalue weighted by Gasteiger charge is -2.10. The molecule has 0 rings (SSSR count). The van der Waals surface area contributed by atoms with Crippen LogP contribution in [0, 0.1) is 0 Å². The van der Waals surface area contributed by atoms with Gasteiger partial charge < -0.3 is 94.1 Å². The first-order valence-corrected chi connectivity index (χ1v) is 23.5. The molecule has 0 heterocycles. The minimum atomic E-state index is -0.305. The van der Waals surface area contributed by atoms with E-state index in [0.29, 0.717) is 105 Å². The second-order valence-corrected chi connectivity index (χ2v) is 14.1. The van der Waals surface area contributed by atoms with Crippen LogP contribution in [0.25, 0.3) is 0 Å². The van der Waals surface area contributed by atoms with Crippen molar-refractivity contribution in [2.45, 2.75) is 33.1 Å². The maximum Gasteiger partial charge on any atom is 0.246 e. The van der Waals surface area contributed by atoms with Crippen molar-refractivity contribution in [3.63, 3.8) is 0 Å². The quantitative estimate of drug-likeness (QED) is 0.0294. The molecule has 0 atom stereocenters. The summed E-state index contributed by atoms with van der Waals surface area (Å²) in [7, 11) is 0. The van der Waals surface area contributed by atoms with E-state index in [0.717, 1.165) is 12.8 Å². The van der Waals surface area contributed by atoms with E-state index >= 15 is 0 Å². The van der Waals surface area contributed by atoms with Crippen LogP contribution in [-0.2, 0) is 85.6 Å². The summed E-state index contributed by atoms with van der Waals surface area (Å²) in [6.07, 6.45) is 2.42. The summed E-state index contributed by atoms with van der Waals surface area (Å²) < 4.78 is 64.2. The van der Waals surface area contributed by atoms with Crippen molar-refractivity contribution < 1.29 is 85.6 Å². The third-order valence-corrected chi connectivity index (χ3v) is 8.26. The standard InChI is InChI=1S/C43H83N7O18/c1-3-5-6-45-39(52)33-64-28-23-58-15-8-44-7-14-57-21-22-59-17-10-47-40(53)34-66-30-25-61-19-12-49-42(55)36-68-32-27-63-20-13-50-43(56)37-67-31-26-62-18-11-48-41(54)35-65-29-24-60-16-9-46-38(51)4-2/h44H,3-37H2,1-2H3,(H,45,52)(H,46,51)(H,47,53)(H,48,54)(H,49,55)(H,50,56). The minimum Gasteiger partial charge on any atom is -0.378 e. The Morgan fingerprint density at radius 1 is 0.265 bits per heavy atom. The van der Waals surface area contributed by atoms with Crippen LogP contribution in [0.5, 0.6) is 0 Å². The van der Waals surface area contributed by atoms with E-state index in [1.165, 1.54) is 0 Å². The van der Waals surface area contributed by atoms with E-state index in [-0.39, 0.29) is 148 Å². The smallest absolute Gasteiger partial charge is 0.246 e. The number of amides is 6. The highest BCUT2D eigenvalue weighted by Crippen LogP contribution is 1.87. The van der Waals surface area contributed by atoms with Crippen molar-refractivity contribution in [3.05, 3.63) is 0 Å². The highest BCUT2D eigenvalue weighted by Gasteiger charge is 2.06. The van der Waals surface area contributed by atoms with E-state index in [4.69, 9.17) is 56.8 Å². The molecule has 0 spiro atoms. The molecule has 0 bridgehead atoms. The van der Waals surface area contributed by atoms with Gasteiger partial charge in [-0.15, -0.1) is 0 Å². The summed E-state index contributed by atoms with van der Waals surface area (Å²) in [5.41, 5.74) is 0. The van der Waals surface area contributed by atoms with Gasteiger partial charge in [0.2, 0.25) is 35.4 Å². The van der Waals surface area contributed by atoms with Gasteiger partial charge in [-0.1, -0.05) is 20.3 Å². The van der Waals surface area contributed by atoms with Crippen LogP contribution < -0.4 is 37.2 Å². The van der Waals surface area contributed by atoms with Crippen molar-refractivity contribution in [1.29, 1.82) is 0 Å². The van der Waals surface area contributed by atoms with E-state index in [9.17, 15) is 28.8 Å². The number of carbonyl (C=O) groups is 6. The molecule has 7 N–H and O–H groups in total. The van der Waals surface area contributed by atoms with Crippen LogP contribution in [-0.4, -0.2) is 246 Å². The van der Waals surface area contributed by atoms with Gasteiger partial charge in [0.15, 0.2) is 0 Å². The first kappa shape index (κ1) is 64.3. The molecule has 25 nitrogen and oxygen atoms in total. The molecule has 0 aromatic heterocycles. The molecule has 0 aliphatic heterocycles. The van der Waals surface area contributed by atoms with E-state index in [2.05, 4.69) is 44.1 Å². The Kier molecular flexibility index (Phi) is 49.8. The van der Waals surface area contributed by atoms with Gasteiger partial charge in [0.25, 0.3) is 0 Å².